The van der Waals surface area contributed by atoms with Crippen molar-refractivity contribution in [1.29, 1.82) is 0 Å². The van der Waals surface area contributed by atoms with Crippen molar-refractivity contribution in [2.45, 2.75) is 16.7 Å². The Kier molecular flexibility index (Phi) is 6.20. The highest BCUT2D eigenvalue weighted by Crippen LogP contribution is 2.47. The minimum Gasteiger partial charge on any atom is -0.465 e. The van der Waals surface area contributed by atoms with E-state index in [0.717, 1.165) is 32.8 Å². The van der Waals surface area contributed by atoms with Gasteiger partial charge in [0.2, 0.25) is 0 Å². The molecule has 0 radical (unpaired) electrons. The van der Waals surface area contributed by atoms with Crippen molar-refractivity contribution in [1.82, 2.24) is 4.90 Å². The molecule has 2 aliphatic rings. The molecule has 0 unspecified atom stereocenters. The van der Waals surface area contributed by atoms with Crippen LogP contribution in [-0.2, 0) is 14.3 Å². The van der Waals surface area contributed by atoms with E-state index in [1.54, 1.807) is 30.8 Å². The number of imide groups is 1. The number of hydrogen-bond acceptors (Lipinski definition) is 7. The van der Waals surface area contributed by atoms with Gasteiger partial charge in [-0.3, -0.25) is 19.3 Å². The smallest absolute Gasteiger partial charge is 0.326 e. The maximum Gasteiger partial charge on any atom is 0.326 e. The fourth-order valence-electron chi connectivity index (χ4n) is 3.29. The van der Waals surface area contributed by atoms with Gasteiger partial charge in [-0.25, -0.2) is 0 Å². The third kappa shape index (κ3) is 4.40. The van der Waals surface area contributed by atoms with Crippen LogP contribution >= 0.6 is 23.5 Å². The number of ether oxygens (including phenoxy) is 1. The Morgan fingerprint density at radius 2 is 1.84 bits per heavy atom. The van der Waals surface area contributed by atoms with Crippen LogP contribution in [0.5, 0.6) is 0 Å². The van der Waals surface area contributed by atoms with Crippen LogP contribution in [0.25, 0.3) is 6.08 Å². The van der Waals surface area contributed by atoms with Gasteiger partial charge in [-0.15, -0.1) is 0 Å². The predicted molar refractivity (Wildman–Crippen MR) is 124 cm³/mol. The van der Waals surface area contributed by atoms with Gasteiger partial charge in [-0.05, 0) is 54.6 Å². The lowest BCUT2D eigenvalue weighted by Gasteiger charge is -2.29. The first-order chi connectivity index (χ1) is 15.0. The van der Waals surface area contributed by atoms with E-state index in [2.05, 4.69) is 36.2 Å². The van der Waals surface area contributed by atoms with Gasteiger partial charge in [-0.2, -0.15) is 0 Å². The van der Waals surface area contributed by atoms with Crippen molar-refractivity contribution >= 4 is 58.1 Å². The van der Waals surface area contributed by atoms with Gasteiger partial charge in [0, 0.05) is 16.8 Å². The highest BCUT2D eigenvalue weighted by Gasteiger charge is 2.36. The highest BCUT2D eigenvalue weighted by molar-refractivity contribution is 8.18. The van der Waals surface area contributed by atoms with Crippen molar-refractivity contribution in [3.05, 3.63) is 65.1 Å². The van der Waals surface area contributed by atoms with Crippen LogP contribution in [0.1, 0.15) is 12.5 Å². The maximum atomic E-state index is 12.4. The van der Waals surface area contributed by atoms with Crippen LogP contribution in [0, 0.1) is 0 Å². The van der Waals surface area contributed by atoms with Gasteiger partial charge in [0.1, 0.15) is 6.54 Å². The summed E-state index contributed by atoms with van der Waals surface area (Å²) in [6.45, 7) is 1.51. The summed E-state index contributed by atoms with van der Waals surface area (Å²) in [4.78, 5) is 41.8. The van der Waals surface area contributed by atoms with Crippen molar-refractivity contribution in [3.8, 4) is 0 Å². The first-order valence-electron chi connectivity index (χ1n) is 9.70. The first-order valence-corrected chi connectivity index (χ1v) is 11.3. The fraction of sp³-hybridized carbons (Fsp3) is 0.174. The molecule has 8 heteroatoms. The van der Waals surface area contributed by atoms with Gasteiger partial charge in [0.25, 0.3) is 11.1 Å². The van der Waals surface area contributed by atoms with Crippen LogP contribution in [0.4, 0.5) is 16.2 Å². The zero-order valence-electron chi connectivity index (χ0n) is 17.0. The van der Waals surface area contributed by atoms with Gasteiger partial charge in [-0.1, -0.05) is 42.1 Å². The fourth-order valence-corrected chi connectivity index (χ4v) is 5.28. The Morgan fingerprint density at radius 1 is 1.06 bits per heavy atom. The molecule has 0 aromatic heterocycles. The normalized spacial score (nSPS) is 16.8. The van der Waals surface area contributed by atoms with Crippen LogP contribution < -0.4 is 4.90 Å². The number of amides is 2. The molecular weight excluding hydrogens is 432 g/mol. The average Bonchev–Trinajstić information content (AvgIpc) is 3.01. The van der Waals surface area contributed by atoms with E-state index in [0.29, 0.717) is 0 Å². The molecule has 0 saturated carbocycles. The Labute approximate surface area is 188 Å². The second-order valence-electron chi connectivity index (χ2n) is 6.81. The largest absolute Gasteiger partial charge is 0.465 e. The number of carbonyl (C=O) groups is 3. The number of para-hydroxylation sites is 1. The lowest BCUT2D eigenvalue weighted by Crippen LogP contribution is -2.34. The summed E-state index contributed by atoms with van der Waals surface area (Å²) >= 11 is 2.55. The third-order valence-electron chi connectivity index (χ3n) is 4.79. The average molecular weight is 453 g/mol. The minimum atomic E-state index is -0.598. The number of thioether (sulfide) groups is 1. The lowest BCUT2D eigenvalue weighted by molar-refractivity contribution is -0.146. The van der Waals surface area contributed by atoms with Crippen LogP contribution in [0.3, 0.4) is 0 Å². The molecule has 2 aliphatic heterocycles. The third-order valence-corrected chi connectivity index (χ3v) is 6.83. The van der Waals surface area contributed by atoms with Crippen molar-refractivity contribution < 1.29 is 19.1 Å². The molecule has 2 aromatic rings. The summed E-state index contributed by atoms with van der Waals surface area (Å²) in [5.74, 6) is -1.08. The van der Waals surface area contributed by atoms with E-state index in [9.17, 15) is 14.4 Å². The zero-order valence-corrected chi connectivity index (χ0v) is 18.7. The molecular formula is C23H20N2O4S2. The van der Waals surface area contributed by atoms with Crippen molar-refractivity contribution in [2.24, 2.45) is 0 Å². The number of carbonyl (C=O) groups excluding carboxylic acids is 3. The number of esters is 1. The minimum absolute atomic E-state index is 0.202. The van der Waals surface area contributed by atoms with E-state index in [4.69, 9.17) is 4.74 Å². The molecule has 4 rings (SSSR count). The van der Waals surface area contributed by atoms with Crippen molar-refractivity contribution in [2.75, 3.05) is 25.1 Å². The predicted octanol–water partition coefficient (Wildman–Crippen LogP) is 5.07. The molecule has 2 aromatic carbocycles. The van der Waals surface area contributed by atoms with Crippen molar-refractivity contribution in [3.63, 3.8) is 0 Å². The summed E-state index contributed by atoms with van der Waals surface area (Å²) in [6, 6.07) is 14.5. The number of nitrogens with zero attached hydrogens (tertiary/aromatic N) is 2. The van der Waals surface area contributed by atoms with Crippen LogP contribution in [-0.4, -0.2) is 42.2 Å². The Morgan fingerprint density at radius 3 is 2.65 bits per heavy atom. The van der Waals surface area contributed by atoms with Crippen LogP contribution in [0.15, 0.2) is 69.3 Å². The molecule has 0 spiro atoms. The number of anilines is 2. The summed E-state index contributed by atoms with van der Waals surface area (Å²) in [7, 11) is 2.05. The number of fused-ring (bicyclic) bond motifs is 2. The van der Waals surface area contributed by atoms with E-state index in [1.807, 2.05) is 24.3 Å². The Balaban J connectivity index is 1.48. The molecule has 0 atom stereocenters. The lowest BCUT2D eigenvalue weighted by atomic mass is 10.1. The quantitative estimate of drug-likeness (QED) is 0.463. The first kappa shape index (κ1) is 21.3. The maximum absolute atomic E-state index is 12.4. The van der Waals surface area contributed by atoms with Crippen LogP contribution in [0.2, 0.25) is 0 Å². The highest BCUT2D eigenvalue weighted by atomic mass is 32.2. The van der Waals surface area contributed by atoms with E-state index >= 15 is 0 Å². The molecule has 2 heterocycles. The summed E-state index contributed by atoms with van der Waals surface area (Å²) in [5.41, 5.74) is 3.31. The molecule has 1 fully saturated rings. The molecule has 31 heavy (non-hydrogen) atoms. The second kappa shape index (κ2) is 9.03. The molecule has 0 bridgehead atoms. The van der Waals surface area contributed by atoms with E-state index < -0.39 is 17.1 Å². The second-order valence-corrected chi connectivity index (χ2v) is 8.89. The van der Waals surface area contributed by atoms with Gasteiger partial charge in [0.15, 0.2) is 0 Å². The Bertz CT molecular complexity index is 1130. The molecule has 6 nitrogen and oxygen atoms in total. The monoisotopic (exact) mass is 452 g/mol. The standard InChI is InChI=1S/C23H20N2O4S2/c1-3-29-21(26)14-25-22(27)19(31-23(25)28)10-6-7-15-11-12-17-20(13-15)30-18-9-5-4-8-16(18)24(17)2/h4-13H,3,14H2,1-2H3/b7-6+,19-10-. The number of allylic oxidation sites excluding steroid dienone is 2. The number of rotatable bonds is 5. The summed E-state index contributed by atoms with van der Waals surface area (Å²) in [5, 5.41) is -0.468. The summed E-state index contributed by atoms with van der Waals surface area (Å²) < 4.78 is 4.82. The van der Waals surface area contributed by atoms with Gasteiger partial charge >= 0.3 is 5.97 Å². The summed E-state index contributed by atoms with van der Waals surface area (Å²) in [6.07, 6.45) is 5.24. The molecule has 158 valence electrons. The topological polar surface area (TPSA) is 66.9 Å². The molecule has 2 amide bonds. The van der Waals surface area contributed by atoms with E-state index in [-0.39, 0.29) is 18.1 Å². The number of benzene rings is 2. The number of hydrogen-bond donors (Lipinski definition) is 0. The van der Waals surface area contributed by atoms with Gasteiger partial charge < -0.3 is 9.64 Å². The van der Waals surface area contributed by atoms with E-state index in [1.165, 1.54) is 10.6 Å². The molecule has 1 saturated heterocycles. The zero-order chi connectivity index (χ0) is 22.0. The Hall–Kier alpha value is -2.97. The molecule has 0 N–H and O–H groups in total. The van der Waals surface area contributed by atoms with Gasteiger partial charge in [0.05, 0.1) is 22.9 Å². The molecule has 0 aliphatic carbocycles. The SMILES string of the molecule is CCOC(=O)CN1C(=O)S/C(=C\C=C\c2ccc3c(c2)Sc2ccccc2N3C)C1=O.